The molecule has 0 radical (unpaired) electrons. The highest BCUT2D eigenvalue weighted by Gasteiger charge is 2.26. The third-order valence-corrected chi connectivity index (χ3v) is 4.65. The van der Waals surface area contributed by atoms with E-state index < -0.39 is 0 Å². The van der Waals surface area contributed by atoms with Gasteiger partial charge in [-0.15, -0.1) is 0 Å². The normalized spacial score (nSPS) is 19.2. The molecule has 5 nitrogen and oxygen atoms in total. The van der Waals surface area contributed by atoms with Crippen molar-refractivity contribution in [1.29, 1.82) is 0 Å². The second-order valence-electron chi connectivity index (χ2n) is 6.29. The van der Waals surface area contributed by atoms with E-state index in [4.69, 9.17) is 0 Å². The molecule has 1 atom stereocenters. The quantitative estimate of drug-likeness (QED) is 0.934. The number of likely N-dealkylation sites (N-methyl/N-ethyl adjacent to an activating group) is 1. The van der Waals surface area contributed by atoms with Gasteiger partial charge in [0.2, 0.25) is 0 Å². The Hall–Kier alpha value is -2.24. The molecule has 1 N–H and O–H groups in total. The Kier molecular flexibility index (Phi) is 5.23. The van der Waals surface area contributed by atoms with Gasteiger partial charge in [-0.3, -0.25) is 19.6 Å². The number of carbonyl (C=O) groups is 1. The van der Waals surface area contributed by atoms with E-state index in [-0.39, 0.29) is 5.91 Å². The van der Waals surface area contributed by atoms with Crippen LogP contribution in [0.3, 0.4) is 0 Å². The molecule has 1 aliphatic rings. The highest BCUT2D eigenvalue weighted by molar-refractivity contribution is 5.94. The molecule has 24 heavy (non-hydrogen) atoms. The SMILES string of the molecule is CNC(=O)c1cccc(C2CN(Cc3ccncc3)CCN2C)c1. The van der Waals surface area contributed by atoms with E-state index >= 15 is 0 Å². The van der Waals surface area contributed by atoms with Gasteiger partial charge in [0, 0.05) is 57.2 Å². The molecule has 0 bridgehead atoms. The van der Waals surface area contributed by atoms with Crippen molar-refractivity contribution in [2.75, 3.05) is 33.7 Å². The lowest BCUT2D eigenvalue weighted by atomic mass is 10.00. The molecule has 1 fully saturated rings. The summed E-state index contributed by atoms with van der Waals surface area (Å²) in [4.78, 5) is 20.8. The zero-order chi connectivity index (χ0) is 16.9. The molecule has 2 heterocycles. The average Bonchev–Trinajstić information content (AvgIpc) is 2.63. The van der Waals surface area contributed by atoms with E-state index in [1.54, 1.807) is 7.05 Å². The first kappa shape index (κ1) is 16.6. The van der Waals surface area contributed by atoms with E-state index in [0.29, 0.717) is 6.04 Å². The lowest BCUT2D eigenvalue weighted by Crippen LogP contribution is -2.46. The van der Waals surface area contributed by atoms with Gasteiger partial charge in [-0.25, -0.2) is 0 Å². The van der Waals surface area contributed by atoms with Gasteiger partial charge in [0.15, 0.2) is 0 Å². The predicted molar refractivity (Wildman–Crippen MR) is 94.7 cm³/mol. The van der Waals surface area contributed by atoms with Crippen LogP contribution in [0.4, 0.5) is 0 Å². The molecule has 126 valence electrons. The molecule has 3 rings (SSSR count). The van der Waals surface area contributed by atoms with Gasteiger partial charge in [-0.05, 0) is 42.4 Å². The third-order valence-electron chi connectivity index (χ3n) is 4.65. The number of hydrogen-bond acceptors (Lipinski definition) is 4. The summed E-state index contributed by atoms with van der Waals surface area (Å²) in [5, 5.41) is 2.70. The number of pyridine rings is 1. The van der Waals surface area contributed by atoms with Crippen LogP contribution in [-0.2, 0) is 6.54 Å². The van der Waals surface area contributed by atoms with E-state index in [1.165, 1.54) is 11.1 Å². The van der Waals surface area contributed by atoms with Gasteiger partial charge in [0.1, 0.15) is 0 Å². The largest absolute Gasteiger partial charge is 0.355 e. The number of nitrogens with one attached hydrogen (secondary N) is 1. The fourth-order valence-electron chi connectivity index (χ4n) is 3.21. The molecule has 2 aromatic rings. The maximum absolute atomic E-state index is 11.9. The minimum atomic E-state index is -0.0380. The Morgan fingerprint density at radius 2 is 2.04 bits per heavy atom. The molecular weight excluding hydrogens is 300 g/mol. The lowest BCUT2D eigenvalue weighted by molar-refractivity contribution is 0.0901. The highest BCUT2D eigenvalue weighted by Crippen LogP contribution is 2.25. The van der Waals surface area contributed by atoms with Gasteiger partial charge < -0.3 is 5.32 Å². The summed E-state index contributed by atoms with van der Waals surface area (Å²) in [6.07, 6.45) is 3.69. The second kappa shape index (κ2) is 7.55. The number of hydrogen-bond donors (Lipinski definition) is 1. The fourth-order valence-corrected chi connectivity index (χ4v) is 3.21. The van der Waals surface area contributed by atoms with Crippen molar-refractivity contribution in [3.63, 3.8) is 0 Å². The average molecular weight is 324 g/mol. The van der Waals surface area contributed by atoms with Gasteiger partial charge in [0.25, 0.3) is 5.91 Å². The summed E-state index contributed by atoms with van der Waals surface area (Å²) >= 11 is 0. The topological polar surface area (TPSA) is 48.5 Å². The fraction of sp³-hybridized carbons (Fsp3) is 0.368. The maximum atomic E-state index is 11.9. The van der Waals surface area contributed by atoms with Crippen LogP contribution < -0.4 is 5.32 Å². The molecule has 1 saturated heterocycles. The Morgan fingerprint density at radius 3 is 2.79 bits per heavy atom. The molecule has 1 amide bonds. The summed E-state index contributed by atoms with van der Waals surface area (Å²) in [6, 6.07) is 12.4. The molecule has 1 aromatic carbocycles. The molecule has 1 aromatic heterocycles. The number of aromatic nitrogens is 1. The summed E-state index contributed by atoms with van der Waals surface area (Å²) in [5.74, 6) is -0.0380. The van der Waals surface area contributed by atoms with Gasteiger partial charge >= 0.3 is 0 Å². The van der Waals surface area contributed by atoms with Crippen LogP contribution in [0.2, 0.25) is 0 Å². The highest BCUT2D eigenvalue weighted by atomic mass is 16.1. The maximum Gasteiger partial charge on any atom is 0.251 e. The Balaban J connectivity index is 1.75. The molecule has 1 aliphatic heterocycles. The minimum Gasteiger partial charge on any atom is -0.355 e. The zero-order valence-corrected chi connectivity index (χ0v) is 14.3. The van der Waals surface area contributed by atoms with Crippen molar-refractivity contribution in [1.82, 2.24) is 20.1 Å². The minimum absolute atomic E-state index is 0.0380. The summed E-state index contributed by atoms with van der Waals surface area (Å²) in [7, 11) is 3.82. The standard InChI is InChI=1S/C19H24N4O/c1-20-19(24)17-5-3-4-16(12-17)18-14-23(11-10-22(18)2)13-15-6-8-21-9-7-15/h3-9,12,18H,10-11,13-14H2,1-2H3,(H,20,24). The monoisotopic (exact) mass is 324 g/mol. The predicted octanol–water partition coefficient (Wildman–Crippen LogP) is 1.93. The van der Waals surface area contributed by atoms with Crippen LogP contribution in [0.15, 0.2) is 48.8 Å². The van der Waals surface area contributed by atoms with Crippen LogP contribution in [0.25, 0.3) is 0 Å². The number of rotatable bonds is 4. The summed E-state index contributed by atoms with van der Waals surface area (Å²) in [5.41, 5.74) is 3.19. The summed E-state index contributed by atoms with van der Waals surface area (Å²) in [6.45, 7) is 3.95. The molecule has 5 heteroatoms. The van der Waals surface area contributed by atoms with Crippen molar-refractivity contribution >= 4 is 5.91 Å². The number of piperazine rings is 1. The second-order valence-corrected chi connectivity index (χ2v) is 6.29. The van der Waals surface area contributed by atoms with Crippen LogP contribution in [0.1, 0.15) is 27.5 Å². The van der Waals surface area contributed by atoms with Gasteiger partial charge in [-0.2, -0.15) is 0 Å². The molecular formula is C19H24N4O. The summed E-state index contributed by atoms with van der Waals surface area (Å²) < 4.78 is 0. The number of nitrogens with zero attached hydrogens (tertiary/aromatic N) is 3. The van der Waals surface area contributed by atoms with Gasteiger partial charge in [-0.1, -0.05) is 12.1 Å². The smallest absolute Gasteiger partial charge is 0.251 e. The van der Waals surface area contributed by atoms with Crippen molar-refractivity contribution in [2.45, 2.75) is 12.6 Å². The van der Waals surface area contributed by atoms with Gasteiger partial charge in [0.05, 0.1) is 0 Å². The third kappa shape index (κ3) is 3.80. The number of amides is 1. The zero-order valence-electron chi connectivity index (χ0n) is 14.3. The Labute approximate surface area is 143 Å². The molecule has 1 unspecified atom stereocenters. The van der Waals surface area contributed by atoms with Crippen molar-refractivity contribution < 1.29 is 4.79 Å². The van der Waals surface area contributed by atoms with Crippen LogP contribution in [0.5, 0.6) is 0 Å². The van der Waals surface area contributed by atoms with Crippen molar-refractivity contribution in [3.05, 3.63) is 65.5 Å². The van der Waals surface area contributed by atoms with Crippen LogP contribution in [-0.4, -0.2) is 54.4 Å². The number of benzene rings is 1. The van der Waals surface area contributed by atoms with E-state index in [1.807, 2.05) is 30.6 Å². The van der Waals surface area contributed by atoms with Crippen LogP contribution in [0, 0.1) is 0 Å². The first-order valence-electron chi connectivity index (χ1n) is 8.31. The van der Waals surface area contributed by atoms with E-state index in [2.05, 4.69) is 45.3 Å². The van der Waals surface area contributed by atoms with Crippen molar-refractivity contribution in [3.8, 4) is 0 Å². The van der Waals surface area contributed by atoms with E-state index in [0.717, 1.165) is 31.7 Å². The Morgan fingerprint density at radius 1 is 1.25 bits per heavy atom. The van der Waals surface area contributed by atoms with Crippen molar-refractivity contribution in [2.24, 2.45) is 0 Å². The molecule has 0 spiro atoms. The van der Waals surface area contributed by atoms with E-state index in [9.17, 15) is 4.79 Å². The lowest BCUT2D eigenvalue weighted by Gasteiger charge is -2.40. The first-order chi connectivity index (χ1) is 11.7. The van der Waals surface area contributed by atoms with Crippen LogP contribution >= 0.6 is 0 Å². The Bertz CT molecular complexity index is 689. The number of carbonyl (C=O) groups excluding carboxylic acids is 1. The molecule has 0 aliphatic carbocycles. The molecule has 0 saturated carbocycles. The first-order valence-corrected chi connectivity index (χ1v) is 8.31.